The zero-order chi connectivity index (χ0) is 20.7. The summed E-state index contributed by atoms with van der Waals surface area (Å²) >= 11 is 12.2. The van der Waals surface area contributed by atoms with E-state index in [1.807, 2.05) is 18.2 Å². The number of carbonyl (C=O) groups excluding carboxylic acids is 1. The molecule has 2 N–H and O–H groups in total. The maximum absolute atomic E-state index is 12.6. The highest BCUT2D eigenvalue weighted by molar-refractivity contribution is 6.39. The van der Waals surface area contributed by atoms with Gasteiger partial charge in [-0.15, -0.1) is 5.10 Å². The SMILES string of the molecule is CC(C(=O)Oc1n[nH]c(=O)c2nc3cc(Cl)cc(Cl)c3c(O)c12)c1ccccc1. The molecule has 146 valence electrons. The summed E-state index contributed by atoms with van der Waals surface area (Å²) in [6, 6.07) is 11.9. The van der Waals surface area contributed by atoms with E-state index in [0.717, 1.165) is 5.56 Å². The van der Waals surface area contributed by atoms with Gasteiger partial charge in [-0.1, -0.05) is 53.5 Å². The van der Waals surface area contributed by atoms with Crippen molar-refractivity contribution in [2.24, 2.45) is 0 Å². The Hall–Kier alpha value is -3.16. The van der Waals surface area contributed by atoms with Gasteiger partial charge in [-0.05, 0) is 24.6 Å². The minimum atomic E-state index is -0.663. The Bertz CT molecular complexity index is 1320. The average Bonchev–Trinajstić information content (AvgIpc) is 2.69. The molecule has 0 bridgehead atoms. The van der Waals surface area contributed by atoms with Crippen molar-refractivity contribution in [3.8, 4) is 11.6 Å². The molecule has 0 aliphatic rings. The van der Waals surface area contributed by atoms with Crippen LogP contribution in [0.3, 0.4) is 0 Å². The van der Waals surface area contributed by atoms with Gasteiger partial charge in [0.2, 0.25) is 0 Å². The van der Waals surface area contributed by atoms with Gasteiger partial charge in [0.1, 0.15) is 16.7 Å². The van der Waals surface area contributed by atoms with Crippen LogP contribution < -0.4 is 10.3 Å². The summed E-state index contributed by atoms with van der Waals surface area (Å²) in [5.41, 5.74) is 0.151. The molecule has 0 spiro atoms. The number of H-pyrrole nitrogens is 1. The largest absolute Gasteiger partial charge is 0.506 e. The minimum absolute atomic E-state index is 0.112. The number of hydrogen-bond acceptors (Lipinski definition) is 6. The third-order valence-corrected chi connectivity index (χ3v) is 5.03. The van der Waals surface area contributed by atoms with E-state index in [-0.39, 0.29) is 38.5 Å². The van der Waals surface area contributed by atoms with Crippen LogP contribution in [0.15, 0.2) is 47.3 Å². The lowest BCUT2D eigenvalue weighted by molar-refractivity contribution is -0.135. The number of halogens is 2. The van der Waals surface area contributed by atoms with Crippen molar-refractivity contribution in [3.63, 3.8) is 0 Å². The number of aromatic amines is 1. The van der Waals surface area contributed by atoms with Gasteiger partial charge in [0, 0.05) is 5.02 Å². The van der Waals surface area contributed by atoms with Crippen LogP contribution in [0.1, 0.15) is 18.4 Å². The summed E-state index contributed by atoms with van der Waals surface area (Å²) < 4.78 is 5.40. The zero-order valence-corrected chi connectivity index (χ0v) is 16.5. The first-order chi connectivity index (χ1) is 13.9. The first kappa shape index (κ1) is 19.2. The average molecular weight is 430 g/mol. The fraction of sp³-hybridized carbons (Fsp3) is 0.100. The smallest absolute Gasteiger partial charge is 0.319 e. The van der Waals surface area contributed by atoms with E-state index in [9.17, 15) is 14.7 Å². The number of carbonyl (C=O) groups is 1. The molecule has 2 aromatic carbocycles. The van der Waals surface area contributed by atoms with Gasteiger partial charge in [-0.25, -0.2) is 10.1 Å². The quantitative estimate of drug-likeness (QED) is 0.373. The van der Waals surface area contributed by atoms with E-state index in [4.69, 9.17) is 27.9 Å². The van der Waals surface area contributed by atoms with Crippen molar-refractivity contribution < 1.29 is 14.6 Å². The Morgan fingerprint density at radius 2 is 1.90 bits per heavy atom. The number of benzene rings is 2. The van der Waals surface area contributed by atoms with Gasteiger partial charge in [0.25, 0.3) is 11.4 Å². The summed E-state index contributed by atoms with van der Waals surface area (Å²) in [5, 5.41) is 17.3. The molecule has 1 atom stereocenters. The van der Waals surface area contributed by atoms with Crippen LogP contribution in [0, 0.1) is 0 Å². The van der Waals surface area contributed by atoms with Crippen LogP contribution in [0.4, 0.5) is 0 Å². The number of nitrogens with one attached hydrogen (secondary N) is 1. The first-order valence-corrected chi connectivity index (χ1v) is 9.29. The van der Waals surface area contributed by atoms with Crippen molar-refractivity contribution >= 4 is 51.0 Å². The topological polar surface area (TPSA) is 105 Å². The predicted octanol–water partition coefficient (Wildman–Crippen LogP) is 4.19. The van der Waals surface area contributed by atoms with Crippen LogP contribution in [0.25, 0.3) is 21.8 Å². The van der Waals surface area contributed by atoms with E-state index in [0.29, 0.717) is 5.02 Å². The number of ether oxygens (including phenoxy) is 1. The number of pyridine rings is 1. The number of aromatic nitrogens is 3. The fourth-order valence-electron chi connectivity index (χ4n) is 3.01. The van der Waals surface area contributed by atoms with E-state index >= 15 is 0 Å². The molecule has 0 saturated carbocycles. The van der Waals surface area contributed by atoms with Crippen molar-refractivity contribution in [1.29, 1.82) is 0 Å². The second-order valence-electron chi connectivity index (χ2n) is 6.38. The summed E-state index contributed by atoms with van der Waals surface area (Å²) in [5.74, 6) is -1.86. The van der Waals surface area contributed by atoms with Crippen molar-refractivity contribution in [3.05, 3.63) is 68.4 Å². The molecular formula is C20H13Cl2N3O4. The number of aromatic hydroxyl groups is 1. The molecule has 4 rings (SSSR count). The molecule has 0 aliphatic carbocycles. The summed E-state index contributed by atoms with van der Waals surface area (Å²) in [4.78, 5) is 29.1. The number of nitrogens with zero attached hydrogens (tertiary/aromatic N) is 2. The van der Waals surface area contributed by atoms with Gasteiger partial charge in [0.05, 0.1) is 21.8 Å². The lowest BCUT2D eigenvalue weighted by atomic mass is 10.0. The van der Waals surface area contributed by atoms with Crippen LogP contribution in [-0.4, -0.2) is 26.3 Å². The van der Waals surface area contributed by atoms with Crippen molar-refractivity contribution in [2.75, 3.05) is 0 Å². The molecule has 0 aliphatic heterocycles. The van der Waals surface area contributed by atoms with Gasteiger partial charge >= 0.3 is 5.97 Å². The van der Waals surface area contributed by atoms with Gasteiger partial charge < -0.3 is 9.84 Å². The van der Waals surface area contributed by atoms with Crippen LogP contribution in [0.5, 0.6) is 11.6 Å². The molecule has 4 aromatic rings. The van der Waals surface area contributed by atoms with E-state index < -0.39 is 17.4 Å². The molecule has 9 heteroatoms. The van der Waals surface area contributed by atoms with Gasteiger partial charge in [-0.3, -0.25) is 9.59 Å². The highest BCUT2D eigenvalue weighted by Crippen LogP contribution is 2.40. The monoisotopic (exact) mass is 429 g/mol. The van der Waals surface area contributed by atoms with Crippen LogP contribution in [-0.2, 0) is 4.79 Å². The first-order valence-electron chi connectivity index (χ1n) is 8.53. The molecule has 1 unspecified atom stereocenters. The molecule has 7 nitrogen and oxygen atoms in total. The predicted molar refractivity (Wildman–Crippen MR) is 110 cm³/mol. The zero-order valence-electron chi connectivity index (χ0n) is 14.9. The molecule has 0 fully saturated rings. The minimum Gasteiger partial charge on any atom is -0.506 e. The van der Waals surface area contributed by atoms with Crippen molar-refractivity contribution in [2.45, 2.75) is 12.8 Å². The molecule has 2 heterocycles. The normalized spacial score (nSPS) is 12.2. The molecule has 0 amide bonds. The van der Waals surface area contributed by atoms with Crippen molar-refractivity contribution in [1.82, 2.24) is 15.2 Å². The summed E-state index contributed by atoms with van der Waals surface area (Å²) in [6.45, 7) is 1.68. The van der Waals surface area contributed by atoms with E-state index in [1.54, 1.807) is 19.1 Å². The number of fused-ring (bicyclic) bond motifs is 2. The fourth-order valence-corrected chi connectivity index (χ4v) is 3.58. The van der Waals surface area contributed by atoms with Crippen LogP contribution >= 0.6 is 23.2 Å². The third kappa shape index (κ3) is 3.39. The second-order valence-corrected chi connectivity index (χ2v) is 7.22. The number of hydrogen-bond donors (Lipinski definition) is 2. The molecular weight excluding hydrogens is 417 g/mol. The maximum atomic E-state index is 12.6. The number of rotatable bonds is 3. The molecule has 2 aromatic heterocycles. The Morgan fingerprint density at radius 1 is 1.17 bits per heavy atom. The summed E-state index contributed by atoms with van der Waals surface area (Å²) in [7, 11) is 0. The molecule has 29 heavy (non-hydrogen) atoms. The Morgan fingerprint density at radius 3 is 2.62 bits per heavy atom. The molecule has 0 saturated heterocycles. The Balaban J connectivity index is 1.87. The van der Waals surface area contributed by atoms with E-state index in [2.05, 4.69) is 15.2 Å². The van der Waals surface area contributed by atoms with Crippen LogP contribution in [0.2, 0.25) is 10.0 Å². The second kappa shape index (κ2) is 7.35. The highest BCUT2D eigenvalue weighted by atomic mass is 35.5. The lowest BCUT2D eigenvalue weighted by Gasteiger charge is -2.13. The Labute approximate surface area is 173 Å². The third-order valence-electron chi connectivity index (χ3n) is 4.52. The lowest BCUT2D eigenvalue weighted by Crippen LogP contribution is -2.19. The van der Waals surface area contributed by atoms with Gasteiger partial charge in [-0.2, -0.15) is 0 Å². The standard InChI is InChI=1S/C20H13Cl2N3O4/c1-9(10-5-3-2-4-6-10)20(28)29-19-15-16(18(27)24-25-19)23-13-8-11(21)7-12(22)14(13)17(15)26/h2-9H,1H3,(H,23,26)(H,24,27). The highest BCUT2D eigenvalue weighted by Gasteiger charge is 2.23. The number of esters is 1. The summed E-state index contributed by atoms with van der Waals surface area (Å²) in [6.07, 6.45) is 0. The van der Waals surface area contributed by atoms with Gasteiger partial charge in [0.15, 0.2) is 0 Å². The maximum Gasteiger partial charge on any atom is 0.319 e. The van der Waals surface area contributed by atoms with E-state index in [1.165, 1.54) is 12.1 Å². The Kier molecular flexibility index (Phi) is 4.86. The molecule has 0 radical (unpaired) electrons.